The summed E-state index contributed by atoms with van der Waals surface area (Å²) in [5, 5.41) is 10.5. The zero-order valence-electron chi connectivity index (χ0n) is 51.2. The van der Waals surface area contributed by atoms with Crippen LogP contribution in [0.2, 0.25) is 0 Å². The molecule has 0 aliphatic carbocycles. The first-order valence-corrected chi connectivity index (χ1v) is 35.2. The maximum absolute atomic E-state index is 12.9. The van der Waals surface area contributed by atoms with Crippen LogP contribution >= 0.6 is 15.6 Å². The van der Waals surface area contributed by atoms with Gasteiger partial charge in [-0.25, -0.2) is 9.13 Å². The number of phosphoric acid groups is 2. The molecule has 80 heavy (non-hydrogen) atoms. The van der Waals surface area contributed by atoms with Gasteiger partial charge in [-0.15, -0.1) is 0 Å². The Morgan fingerprint density at radius 1 is 0.350 bits per heavy atom. The van der Waals surface area contributed by atoms with Crippen molar-refractivity contribution in [3.05, 3.63) is 0 Å². The first-order valence-electron chi connectivity index (χ1n) is 32.2. The molecule has 0 aliphatic rings. The molecule has 0 spiro atoms. The summed E-state index contributed by atoms with van der Waals surface area (Å²) in [4.78, 5) is 72.0. The molecule has 3 unspecified atom stereocenters. The van der Waals surface area contributed by atoms with E-state index in [1.54, 1.807) is 0 Å². The van der Waals surface area contributed by atoms with E-state index >= 15 is 0 Å². The van der Waals surface area contributed by atoms with Crippen LogP contribution in [0.3, 0.4) is 0 Å². The number of phosphoric ester groups is 2. The summed E-state index contributed by atoms with van der Waals surface area (Å²) in [6, 6.07) is 0. The molecule has 0 rings (SSSR count). The highest BCUT2D eigenvalue weighted by Crippen LogP contribution is 2.45. The molecule has 17 nitrogen and oxygen atoms in total. The zero-order chi connectivity index (χ0) is 59.2. The molecule has 0 aromatic heterocycles. The Bertz CT molecular complexity index is 1570. The molecule has 0 saturated heterocycles. The Balaban J connectivity index is 5.23. The van der Waals surface area contributed by atoms with E-state index in [0.29, 0.717) is 25.7 Å². The molecule has 0 bridgehead atoms. The second-order valence-corrected chi connectivity index (χ2v) is 25.2. The standard InChI is InChI=1S/C61H118O17P2/c1-6-10-13-16-19-22-25-30-35-40-45-59(64)72-51-57(78-61(66)47-42-37-32-27-26-28-33-38-43-54(5)9-4)53-76-80(69,70)74-49-55(62)48-73-79(67,68)75-52-56(77-60(65)46-41-36-31-24-21-18-15-12-8-3)50-71-58(63)44-39-34-29-23-20-17-14-11-7-2/h54-57,62H,6-53H2,1-5H3,(H,67,68)(H,69,70)/t54?,55-,56+,57+/m0/s1. The van der Waals surface area contributed by atoms with Gasteiger partial charge in [0.25, 0.3) is 0 Å². The van der Waals surface area contributed by atoms with E-state index in [1.165, 1.54) is 128 Å². The molecule has 6 atom stereocenters. The minimum absolute atomic E-state index is 0.105. The van der Waals surface area contributed by atoms with Crippen molar-refractivity contribution >= 4 is 39.5 Å². The number of aliphatic hydroxyl groups is 1. The highest BCUT2D eigenvalue weighted by atomic mass is 31.2. The van der Waals surface area contributed by atoms with E-state index in [2.05, 4.69) is 34.6 Å². The maximum atomic E-state index is 12.9. The third-order valence-electron chi connectivity index (χ3n) is 14.4. The first kappa shape index (κ1) is 78.1. The van der Waals surface area contributed by atoms with Gasteiger partial charge in [0.05, 0.1) is 26.4 Å². The normalized spacial score (nSPS) is 14.7. The number of hydrogen-bond acceptors (Lipinski definition) is 15. The Kier molecular flexibility index (Phi) is 53.6. The minimum Gasteiger partial charge on any atom is -0.462 e. The lowest BCUT2D eigenvalue weighted by molar-refractivity contribution is -0.161. The predicted octanol–water partition coefficient (Wildman–Crippen LogP) is 16.6. The van der Waals surface area contributed by atoms with Gasteiger partial charge in [0.1, 0.15) is 19.3 Å². The van der Waals surface area contributed by atoms with Crippen molar-refractivity contribution in [1.82, 2.24) is 0 Å². The average molecular weight is 1190 g/mol. The van der Waals surface area contributed by atoms with Crippen molar-refractivity contribution in [2.45, 2.75) is 323 Å². The van der Waals surface area contributed by atoms with Gasteiger partial charge in [-0.05, 0) is 31.6 Å². The quantitative estimate of drug-likeness (QED) is 0.0222. The van der Waals surface area contributed by atoms with Crippen LogP contribution in [0.25, 0.3) is 0 Å². The van der Waals surface area contributed by atoms with Crippen molar-refractivity contribution in [3.8, 4) is 0 Å². The van der Waals surface area contributed by atoms with E-state index in [4.69, 9.17) is 37.0 Å². The largest absolute Gasteiger partial charge is 0.472 e. The summed E-state index contributed by atoms with van der Waals surface area (Å²) in [5.74, 6) is -1.37. The summed E-state index contributed by atoms with van der Waals surface area (Å²) in [5.41, 5.74) is 0. The average Bonchev–Trinajstić information content (AvgIpc) is 3.43. The van der Waals surface area contributed by atoms with E-state index in [0.717, 1.165) is 95.8 Å². The number of carbonyl (C=O) groups is 4. The van der Waals surface area contributed by atoms with Gasteiger partial charge in [-0.1, -0.05) is 253 Å². The van der Waals surface area contributed by atoms with Gasteiger partial charge in [-0.3, -0.25) is 37.3 Å². The van der Waals surface area contributed by atoms with Gasteiger partial charge in [-0.2, -0.15) is 0 Å². The number of carbonyl (C=O) groups excluding carboxylic acids is 4. The molecule has 0 amide bonds. The zero-order valence-corrected chi connectivity index (χ0v) is 53.0. The second-order valence-electron chi connectivity index (χ2n) is 22.3. The third kappa shape index (κ3) is 54.0. The lowest BCUT2D eigenvalue weighted by atomic mass is 9.99. The highest BCUT2D eigenvalue weighted by Gasteiger charge is 2.30. The van der Waals surface area contributed by atoms with Gasteiger partial charge >= 0.3 is 39.5 Å². The van der Waals surface area contributed by atoms with E-state index < -0.39 is 97.5 Å². The van der Waals surface area contributed by atoms with Crippen LogP contribution in [0.15, 0.2) is 0 Å². The molecule has 3 N–H and O–H groups in total. The molecule has 19 heteroatoms. The fourth-order valence-corrected chi connectivity index (χ4v) is 10.6. The van der Waals surface area contributed by atoms with Gasteiger partial charge in [0, 0.05) is 25.7 Å². The van der Waals surface area contributed by atoms with Gasteiger partial charge in [0.2, 0.25) is 0 Å². The predicted molar refractivity (Wildman–Crippen MR) is 317 cm³/mol. The summed E-state index contributed by atoms with van der Waals surface area (Å²) in [6.07, 6.45) is 37.5. The number of unbranched alkanes of at least 4 members (excludes halogenated alkanes) is 32. The lowest BCUT2D eigenvalue weighted by Gasteiger charge is -2.21. The summed E-state index contributed by atoms with van der Waals surface area (Å²) in [6.45, 7) is 7.13. The van der Waals surface area contributed by atoms with E-state index in [9.17, 15) is 43.2 Å². The molecular formula is C61H118O17P2. The van der Waals surface area contributed by atoms with E-state index in [1.807, 2.05) is 0 Å². The first-order chi connectivity index (χ1) is 38.6. The Labute approximate surface area is 486 Å². The van der Waals surface area contributed by atoms with Crippen molar-refractivity contribution in [1.29, 1.82) is 0 Å². The lowest BCUT2D eigenvalue weighted by Crippen LogP contribution is -2.30. The van der Waals surface area contributed by atoms with Crippen molar-refractivity contribution in [3.63, 3.8) is 0 Å². The Morgan fingerprint density at radius 3 is 0.887 bits per heavy atom. The molecule has 0 aromatic carbocycles. The van der Waals surface area contributed by atoms with Crippen molar-refractivity contribution < 1.29 is 80.2 Å². The van der Waals surface area contributed by atoms with Crippen LogP contribution in [0, 0.1) is 5.92 Å². The van der Waals surface area contributed by atoms with Gasteiger partial charge in [0.15, 0.2) is 12.2 Å². The smallest absolute Gasteiger partial charge is 0.462 e. The molecule has 0 saturated carbocycles. The molecule has 0 aliphatic heterocycles. The van der Waals surface area contributed by atoms with Crippen LogP contribution in [0.5, 0.6) is 0 Å². The molecule has 0 radical (unpaired) electrons. The maximum Gasteiger partial charge on any atom is 0.472 e. The topological polar surface area (TPSA) is 237 Å². The summed E-state index contributed by atoms with van der Waals surface area (Å²) >= 11 is 0. The number of hydrogen-bond donors (Lipinski definition) is 3. The molecule has 0 fully saturated rings. The Hall–Kier alpha value is -1.94. The highest BCUT2D eigenvalue weighted by molar-refractivity contribution is 7.47. The fraction of sp³-hybridized carbons (Fsp3) is 0.934. The van der Waals surface area contributed by atoms with Gasteiger partial charge < -0.3 is 33.8 Å². The van der Waals surface area contributed by atoms with Crippen molar-refractivity contribution in [2.24, 2.45) is 5.92 Å². The summed E-state index contributed by atoms with van der Waals surface area (Å²) in [7, 11) is -9.87. The number of rotatable bonds is 61. The number of esters is 4. The van der Waals surface area contributed by atoms with Crippen LogP contribution in [-0.4, -0.2) is 96.7 Å². The molecule has 0 heterocycles. The Morgan fingerprint density at radius 2 is 0.600 bits per heavy atom. The third-order valence-corrected chi connectivity index (χ3v) is 16.3. The minimum atomic E-state index is -4.94. The van der Waals surface area contributed by atoms with Crippen LogP contribution in [0.1, 0.15) is 304 Å². The number of ether oxygens (including phenoxy) is 4. The number of aliphatic hydroxyl groups excluding tert-OH is 1. The SMILES string of the molecule is CCCCCCCCCCCCC(=O)OC[C@H](COP(=O)(O)OC[C@@H](O)COP(=O)(O)OC[C@@H](COC(=O)CCCCCCCCCCC)OC(=O)CCCCCCCCCCC)OC(=O)CCCCCCCCCCC(C)CC. The monoisotopic (exact) mass is 1180 g/mol. The van der Waals surface area contributed by atoms with Crippen LogP contribution in [-0.2, 0) is 65.4 Å². The van der Waals surface area contributed by atoms with Crippen LogP contribution in [0.4, 0.5) is 0 Å². The fourth-order valence-electron chi connectivity index (χ4n) is 9.02. The van der Waals surface area contributed by atoms with E-state index in [-0.39, 0.29) is 25.7 Å². The molecule has 0 aromatic rings. The molecule has 474 valence electrons. The molecular weight excluding hydrogens is 1070 g/mol. The summed E-state index contributed by atoms with van der Waals surface area (Å²) < 4.78 is 67.8. The second kappa shape index (κ2) is 55.0. The van der Waals surface area contributed by atoms with Crippen molar-refractivity contribution in [2.75, 3.05) is 39.6 Å². The van der Waals surface area contributed by atoms with Crippen LogP contribution < -0.4 is 0 Å².